The van der Waals surface area contributed by atoms with Gasteiger partial charge in [0, 0.05) is 32.7 Å². The van der Waals surface area contributed by atoms with Crippen molar-refractivity contribution in [2.45, 2.75) is 12.6 Å². The Bertz CT molecular complexity index is 1100. The molecule has 0 bridgehead atoms. The number of carbonyl (C=O) groups excluding carboxylic acids is 2. The van der Waals surface area contributed by atoms with Gasteiger partial charge in [-0.05, 0) is 29.3 Å². The summed E-state index contributed by atoms with van der Waals surface area (Å²) in [5.41, 5.74) is 1.59. The van der Waals surface area contributed by atoms with Crippen LogP contribution in [0.5, 0.6) is 0 Å². The van der Waals surface area contributed by atoms with Gasteiger partial charge in [0.15, 0.2) is 0 Å². The highest BCUT2D eigenvalue weighted by Crippen LogP contribution is 2.24. The highest BCUT2D eigenvalue weighted by atomic mass is 19.1. The Labute approximate surface area is 191 Å². The third kappa shape index (κ3) is 5.43. The number of benzene rings is 3. The van der Waals surface area contributed by atoms with Gasteiger partial charge in [0.05, 0.1) is 5.56 Å². The predicted octanol–water partition coefficient (Wildman–Crippen LogP) is 3.78. The van der Waals surface area contributed by atoms with Gasteiger partial charge in [-0.2, -0.15) is 0 Å². The lowest BCUT2D eigenvalue weighted by Crippen LogP contribution is -2.52. The van der Waals surface area contributed by atoms with Crippen molar-refractivity contribution in [3.63, 3.8) is 0 Å². The van der Waals surface area contributed by atoms with Gasteiger partial charge in [-0.25, -0.2) is 8.78 Å². The van der Waals surface area contributed by atoms with Gasteiger partial charge < -0.3 is 10.2 Å². The van der Waals surface area contributed by atoms with Crippen LogP contribution < -0.4 is 5.32 Å². The number of halogens is 2. The van der Waals surface area contributed by atoms with E-state index in [-0.39, 0.29) is 11.5 Å². The van der Waals surface area contributed by atoms with Crippen LogP contribution in [0.2, 0.25) is 0 Å². The third-order valence-electron chi connectivity index (χ3n) is 5.80. The number of nitrogens with zero attached hydrogens (tertiary/aromatic N) is 2. The number of amides is 2. The maximum absolute atomic E-state index is 14.1. The van der Waals surface area contributed by atoms with Crippen molar-refractivity contribution in [2.24, 2.45) is 0 Å². The standard InChI is InChI=1S/C26H25F2N3O2/c27-21-11-12-23(28)22(17-21)26(33)31-15-13-30(14-16-31)24(20-9-5-2-6-10-20)25(32)29-18-19-7-3-1-4-8-19/h1-12,17,24H,13-16,18H2,(H,29,32)/t24-/m0/s1. The molecule has 1 fully saturated rings. The van der Waals surface area contributed by atoms with Gasteiger partial charge in [0.1, 0.15) is 17.7 Å². The third-order valence-corrected chi connectivity index (χ3v) is 5.80. The second kappa shape index (κ2) is 10.4. The Hall–Kier alpha value is -3.58. The summed E-state index contributed by atoms with van der Waals surface area (Å²) in [7, 11) is 0. The van der Waals surface area contributed by atoms with E-state index in [2.05, 4.69) is 5.32 Å². The molecule has 0 aromatic heterocycles. The van der Waals surface area contributed by atoms with Crippen LogP contribution >= 0.6 is 0 Å². The summed E-state index contributed by atoms with van der Waals surface area (Å²) >= 11 is 0. The van der Waals surface area contributed by atoms with Crippen molar-refractivity contribution in [2.75, 3.05) is 26.2 Å². The van der Waals surface area contributed by atoms with Crippen LogP contribution in [0.1, 0.15) is 27.5 Å². The van der Waals surface area contributed by atoms with Gasteiger partial charge in [-0.15, -0.1) is 0 Å². The molecular formula is C26H25F2N3O2. The fraction of sp³-hybridized carbons (Fsp3) is 0.231. The Morgan fingerprint density at radius 2 is 1.48 bits per heavy atom. The first-order valence-corrected chi connectivity index (χ1v) is 10.9. The lowest BCUT2D eigenvalue weighted by molar-refractivity contribution is -0.127. The van der Waals surface area contributed by atoms with Crippen LogP contribution in [-0.2, 0) is 11.3 Å². The van der Waals surface area contributed by atoms with E-state index in [9.17, 15) is 18.4 Å². The van der Waals surface area contributed by atoms with Crippen molar-refractivity contribution in [1.82, 2.24) is 15.1 Å². The second-order valence-corrected chi connectivity index (χ2v) is 7.97. The Morgan fingerprint density at radius 1 is 0.848 bits per heavy atom. The molecule has 0 spiro atoms. The summed E-state index contributed by atoms with van der Waals surface area (Å²) in [5.74, 6) is -2.07. The minimum Gasteiger partial charge on any atom is -0.350 e. The zero-order chi connectivity index (χ0) is 23.2. The van der Waals surface area contributed by atoms with E-state index < -0.39 is 23.6 Å². The van der Waals surface area contributed by atoms with Gasteiger partial charge in [-0.3, -0.25) is 14.5 Å². The molecule has 1 heterocycles. The number of hydrogen-bond donors (Lipinski definition) is 1. The van der Waals surface area contributed by atoms with Gasteiger partial charge in [0.2, 0.25) is 5.91 Å². The molecule has 3 aromatic rings. The fourth-order valence-electron chi connectivity index (χ4n) is 4.06. The van der Waals surface area contributed by atoms with E-state index in [0.29, 0.717) is 32.7 Å². The summed E-state index contributed by atoms with van der Waals surface area (Å²) in [6.45, 7) is 1.90. The summed E-state index contributed by atoms with van der Waals surface area (Å²) in [5, 5.41) is 3.02. The highest BCUT2D eigenvalue weighted by Gasteiger charge is 2.32. The van der Waals surface area contributed by atoms with Crippen molar-refractivity contribution < 1.29 is 18.4 Å². The molecule has 1 saturated heterocycles. The summed E-state index contributed by atoms with van der Waals surface area (Å²) < 4.78 is 27.6. The lowest BCUT2D eigenvalue weighted by Gasteiger charge is -2.38. The average Bonchev–Trinajstić information content (AvgIpc) is 2.86. The summed E-state index contributed by atoms with van der Waals surface area (Å²) in [4.78, 5) is 29.5. The Kier molecular flexibility index (Phi) is 7.10. The number of rotatable bonds is 6. The predicted molar refractivity (Wildman–Crippen MR) is 121 cm³/mol. The molecule has 33 heavy (non-hydrogen) atoms. The molecule has 170 valence electrons. The van der Waals surface area contributed by atoms with Crippen molar-refractivity contribution >= 4 is 11.8 Å². The molecule has 0 radical (unpaired) electrons. The van der Waals surface area contributed by atoms with E-state index in [1.54, 1.807) is 0 Å². The number of carbonyl (C=O) groups is 2. The molecule has 0 unspecified atom stereocenters. The molecule has 2 amide bonds. The van der Waals surface area contributed by atoms with Crippen LogP contribution in [0.3, 0.4) is 0 Å². The zero-order valence-electron chi connectivity index (χ0n) is 18.1. The maximum Gasteiger partial charge on any atom is 0.257 e. The first-order chi connectivity index (χ1) is 16.0. The van der Waals surface area contributed by atoms with Crippen LogP contribution in [0.25, 0.3) is 0 Å². The SMILES string of the molecule is O=C(NCc1ccccc1)[C@H](c1ccccc1)N1CCN(C(=O)c2cc(F)ccc2F)CC1. The first-order valence-electron chi connectivity index (χ1n) is 10.9. The van der Waals surface area contributed by atoms with Crippen molar-refractivity contribution in [1.29, 1.82) is 0 Å². The molecule has 1 aliphatic heterocycles. The largest absolute Gasteiger partial charge is 0.350 e. The van der Waals surface area contributed by atoms with Gasteiger partial charge >= 0.3 is 0 Å². The van der Waals surface area contributed by atoms with E-state index in [4.69, 9.17) is 0 Å². The van der Waals surface area contributed by atoms with E-state index >= 15 is 0 Å². The quantitative estimate of drug-likeness (QED) is 0.623. The van der Waals surface area contributed by atoms with Crippen LogP contribution in [-0.4, -0.2) is 47.8 Å². The minimum atomic E-state index is -0.744. The van der Waals surface area contributed by atoms with Crippen molar-refractivity contribution in [3.05, 3.63) is 107 Å². The van der Waals surface area contributed by atoms with Crippen molar-refractivity contribution in [3.8, 4) is 0 Å². The zero-order valence-corrected chi connectivity index (χ0v) is 18.1. The lowest BCUT2D eigenvalue weighted by atomic mass is 10.0. The van der Waals surface area contributed by atoms with E-state index in [0.717, 1.165) is 29.3 Å². The number of hydrogen-bond acceptors (Lipinski definition) is 3. The molecule has 1 N–H and O–H groups in total. The first kappa shape index (κ1) is 22.6. The molecule has 0 saturated carbocycles. The van der Waals surface area contributed by atoms with Crippen LogP contribution in [0, 0.1) is 11.6 Å². The number of nitrogens with one attached hydrogen (secondary N) is 1. The fourth-order valence-corrected chi connectivity index (χ4v) is 4.06. The van der Waals surface area contributed by atoms with Gasteiger partial charge in [0.25, 0.3) is 5.91 Å². The van der Waals surface area contributed by atoms with E-state index in [1.807, 2.05) is 65.6 Å². The molecular weight excluding hydrogens is 424 g/mol. The Morgan fingerprint density at radius 3 is 2.15 bits per heavy atom. The topological polar surface area (TPSA) is 52.7 Å². The molecule has 3 aromatic carbocycles. The second-order valence-electron chi connectivity index (χ2n) is 7.97. The molecule has 1 atom stereocenters. The Balaban J connectivity index is 1.45. The maximum atomic E-state index is 14.1. The summed E-state index contributed by atoms with van der Waals surface area (Å²) in [6, 6.07) is 21.5. The van der Waals surface area contributed by atoms with Gasteiger partial charge in [-0.1, -0.05) is 60.7 Å². The monoisotopic (exact) mass is 449 g/mol. The van der Waals surface area contributed by atoms with Crippen LogP contribution in [0.15, 0.2) is 78.9 Å². The average molecular weight is 450 g/mol. The molecule has 0 aliphatic carbocycles. The van der Waals surface area contributed by atoms with Crippen LogP contribution in [0.4, 0.5) is 8.78 Å². The highest BCUT2D eigenvalue weighted by molar-refractivity contribution is 5.94. The molecule has 4 rings (SSSR count). The molecule has 5 nitrogen and oxygen atoms in total. The minimum absolute atomic E-state index is 0.124. The smallest absolute Gasteiger partial charge is 0.257 e. The number of piperazine rings is 1. The summed E-state index contributed by atoms with van der Waals surface area (Å²) in [6.07, 6.45) is 0. The molecule has 7 heteroatoms. The van der Waals surface area contributed by atoms with E-state index in [1.165, 1.54) is 4.90 Å². The normalized spacial score (nSPS) is 15.2. The molecule has 1 aliphatic rings.